The van der Waals surface area contributed by atoms with Gasteiger partial charge in [0.05, 0.1) is 0 Å². The molecule has 1 atom stereocenters. The Morgan fingerprint density at radius 1 is 0.789 bits per heavy atom. The van der Waals surface area contributed by atoms with Gasteiger partial charge in [-0.25, -0.2) is 9.59 Å². The van der Waals surface area contributed by atoms with Gasteiger partial charge in [0.1, 0.15) is 25.0 Å². The fourth-order valence-corrected chi connectivity index (χ4v) is 5.18. The van der Waals surface area contributed by atoms with Crippen LogP contribution >= 0.6 is 0 Å². The zero-order valence-corrected chi connectivity index (χ0v) is 20.8. The van der Waals surface area contributed by atoms with Gasteiger partial charge in [0, 0.05) is 12.3 Å². The summed E-state index contributed by atoms with van der Waals surface area (Å²) >= 11 is 0. The first-order valence-corrected chi connectivity index (χ1v) is 12.7. The summed E-state index contributed by atoms with van der Waals surface area (Å²) in [6, 6.07) is 33.1. The molecule has 6 nitrogen and oxygen atoms in total. The number of rotatable bonds is 7. The quantitative estimate of drug-likeness (QED) is 0.291. The van der Waals surface area contributed by atoms with E-state index in [0.717, 1.165) is 39.1 Å². The summed E-state index contributed by atoms with van der Waals surface area (Å²) in [6.07, 6.45) is -0.215. The van der Waals surface area contributed by atoms with Gasteiger partial charge in [-0.1, -0.05) is 91.0 Å². The molecule has 0 aromatic heterocycles. The van der Waals surface area contributed by atoms with Crippen molar-refractivity contribution in [1.82, 2.24) is 4.90 Å². The van der Waals surface area contributed by atoms with E-state index in [9.17, 15) is 9.59 Å². The minimum Gasteiger partial charge on any atom is -0.489 e. The van der Waals surface area contributed by atoms with E-state index in [2.05, 4.69) is 24.3 Å². The number of hydrogen-bond acceptors (Lipinski definition) is 5. The first-order chi connectivity index (χ1) is 18.7. The molecule has 1 aliphatic carbocycles. The lowest BCUT2D eigenvalue weighted by Gasteiger charge is -2.21. The maximum Gasteiger partial charge on any atom is 0.413 e. The van der Waals surface area contributed by atoms with Crippen LogP contribution < -0.4 is 4.74 Å². The van der Waals surface area contributed by atoms with Gasteiger partial charge in [0.2, 0.25) is 0 Å². The number of fused-ring (bicyclic) bond motifs is 3. The first kappa shape index (κ1) is 23.8. The van der Waals surface area contributed by atoms with E-state index in [1.54, 1.807) is 0 Å². The molecular formula is C32H27NO5. The second-order valence-electron chi connectivity index (χ2n) is 9.50. The molecule has 4 aromatic rings. The minimum atomic E-state index is -0.735. The smallest absolute Gasteiger partial charge is 0.413 e. The van der Waals surface area contributed by atoms with E-state index < -0.39 is 18.1 Å². The van der Waals surface area contributed by atoms with Gasteiger partial charge < -0.3 is 14.2 Å². The lowest BCUT2D eigenvalue weighted by Crippen LogP contribution is -2.40. The van der Waals surface area contributed by atoms with Crippen LogP contribution in [0.2, 0.25) is 0 Å². The fraction of sp³-hybridized carbons (Fsp3) is 0.188. The fourth-order valence-electron chi connectivity index (χ4n) is 5.18. The van der Waals surface area contributed by atoms with Crippen molar-refractivity contribution in [2.24, 2.45) is 0 Å². The lowest BCUT2D eigenvalue weighted by atomic mass is 9.98. The molecular weight excluding hydrogens is 478 g/mol. The third-order valence-corrected chi connectivity index (χ3v) is 7.17. The number of benzene rings is 4. The Hall–Kier alpha value is -4.58. The van der Waals surface area contributed by atoms with Crippen LogP contribution in [-0.4, -0.2) is 36.3 Å². The maximum atomic E-state index is 13.1. The summed E-state index contributed by atoms with van der Waals surface area (Å²) in [7, 11) is 0. The highest BCUT2D eigenvalue weighted by atomic mass is 16.6. The molecule has 1 heterocycles. The zero-order chi connectivity index (χ0) is 25.9. The van der Waals surface area contributed by atoms with Crippen LogP contribution in [0.4, 0.5) is 4.79 Å². The Labute approximate surface area is 221 Å². The van der Waals surface area contributed by atoms with Crippen LogP contribution in [-0.2, 0) is 27.3 Å². The van der Waals surface area contributed by atoms with Crippen molar-refractivity contribution in [2.75, 3.05) is 13.3 Å². The topological polar surface area (TPSA) is 65.1 Å². The number of carbonyl (C=O) groups is 2. The zero-order valence-electron chi connectivity index (χ0n) is 20.8. The Morgan fingerprint density at radius 3 is 2.11 bits per heavy atom. The maximum absolute atomic E-state index is 13.1. The SMILES string of the molecule is O=C1OCN(C(=O)OCC2c3ccccc3-c3ccccc32)[C@H]1Cc1ccc(OCc2ccccc2)cc1. The molecule has 6 rings (SSSR count). The average Bonchev–Trinajstić information content (AvgIpc) is 3.49. The van der Waals surface area contributed by atoms with Crippen molar-refractivity contribution in [3.63, 3.8) is 0 Å². The summed E-state index contributed by atoms with van der Waals surface area (Å²) in [4.78, 5) is 27.0. The largest absolute Gasteiger partial charge is 0.489 e. The standard InChI is InChI=1S/C32H27NO5/c34-31-30(18-22-14-16-24(17-15-22)36-19-23-8-2-1-3-9-23)33(21-38-31)32(35)37-20-29-27-12-6-4-10-25(27)26-11-5-7-13-28(26)29/h1-17,29-30H,18-21H2/t30-/m0/s1. The molecule has 4 aromatic carbocycles. The van der Waals surface area contributed by atoms with E-state index in [-0.39, 0.29) is 19.3 Å². The van der Waals surface area contributed by atoms with Crippen molar-refractivity contribution >= 4 is 12.1 Å². The van der Waals surface area contributed by atoms with E-state index in [1.807, 2.05) is 78.9 Å². The Kier molecular flexibility index (Phi) is 6.53. The van der Waals surface area contributed by atoms with E-state index in [0.29, 0.717) is 13.0 Å². The number of nitrogens with zero attached hydrogens (tertiary/aromatic N) is 1. The Morgan fingerprint density at radius 2 is 1.42 bits per heavy atom. The molecule has 1 fully saturated rings. The summed E-state index contributed by atoms with van der Waals surface area (Å²) < 4.78 is 16.8. The van der Waals surface area contributed by atoms with Crippen LogP contribution in [0.25, 0.3) is 11.1 Å². The van der Waals surface area contributed by atoms with Crippen LogP contribution in [0.15, 0.2) is 103 Å². The van der Waals surface area contributed by atoms with Crippen LogP contribution in [0.3, 0.4) is 0 Å². The normalized spacial score (nSPS) is 16.1. The highest BCUT2D eigenvalue weighted by molar-refractivity contribution is 5.84. The summed E-state index contributed by atoms with van der Waals surface area (Å²) in [5.41, 5.74) is 6.60. The number of carbonyl (C=O) groups excluding carboxylic acids is 2. The molecule has 38 heavy (non-hydrogen) atoms. The molecule has 0 bridgehead atoms. The lowest BCUT2D eigenvalue weighted by molar-refractivity contribution is -0.139. The van der Waals surface area contributed by atoms with Gasteiger partial charge in [-0.05, 0) is 45.5 Å². The highest BCUT2D eigenvalue weighted by Crippen LogP contribution is 2.44. The van der Waals surface area contributed by atoms with Gasteiger partial charge in [-0.15, -0.1) is 0 Å². The second-order valence-corrected chi connectivity index (χ2v) is 9.50. The van der Waals surface area contributed by atoms with Gasteiger partial charge in [0.15, 0.2) is 6.73 Å². The number of hydrogen-bond donors (Lipinski definition) is 0. The van der Waals surface area contributed by atoms with Crippen molar-refractivity contribution in [2.45, 2.75) is 25.0 Å². The van der Waals surface area contributed by atoms with E-state index in [1.165, 1.54) is 4.90 Å². The predicted octanol–water partition coefficient (Wildman–Crippen LogP) is 5.94. The van der Waals surface area contributed by atoms with Crippen LogP contribution in [0.5, 0.6) is 5.75 Å². The number of esters is 1. The van der Waals surface area contributed by atoms with Crippen molar-refractivity contribution in [3.8, 4) is 16.9 Å². The number of cyclic esters (lactones) is 1. The molecule has 1 amide bonds. The molecule has 1 aliphatic heterocycles. The molecule has 0 N–H and O–H groups in total. The summed E-state index contributed by atoms with van der Waals surface area (Å²) in [5.74, 6) is 0.260. The van der Waals surface area contributed by atoms with Crippen molar-refractivity contribution in [1.29, 1.82) is 0 Å². The van der Waals surface area contributed by atoms with Crippen molar-refractivity contribution in [3.05, 3.63) is 125 Å². The van der Waals surface area contributed by atoms with Gasteiger partial charge in [-0.3, -0.25) is 4.90 Å². The van der Waals surface area contributed by atoms with Gasteiger partial charge in [0.25, 0.3) is 0 Å². The number of amides is 1. The monoisotopic (exact) mass is 505 g/mol. The van der Waals surface area contributed by atoms with Crippen LogP contribution in [0.1, 0.15) is 28.2 Å². The summed E-state index contributed by atoms with van der Waals surface area (Å²) in [6.45, 7) is 0.556. The van der Waals surface area contributed by atoms with Crippen molar-refractivity contribution < 1.29 is 23.8 Å². The average molecular weight is 506 g/mol. The summed E-state index contributed by atoms with van der Waals surface area (Å²) in [5, 5.41) is 0. The highest BCUT2D eigenvalue weighted by Gasteiger charge is 2.39. The number of ether oxygens (including phenoxy) is 3. The molecule has 6 heteroatoms. The predicted molar refractivity (Wildman–Crippen MR) is 143 cm³/mol. The van der Waals surface area contributed by atoms with Gasteiger partial charge >= 0.3 is 12.1 Å². The van der Waals surface area contributed by atoms with Crippen LogP contribution in [0, 0.1) is 0 Å². The Bertz CT molecular complexity index is 1400. The second kappa shape index (κ2) is 10.4. The molecule has 2 aliphatic rings. The molecule has 1 saturated heterocycles. The first-order valence-electron chi connectivity index (χ1n) is 12.7. The molecule has 0 saturated carbocycles. The minimum absolute atomic E-state index is 0.0487. The molecule has 190 valence electrons. The third kappa shape index (κ3) is 4.73. The van der Waals surface area contributed by atoms with E-state index in [4.69, 9.17) is 14.2 Å². The molecule has 0 unspecified atom stereocenters. The molecule has 0 radical (unpaired) electrons. The molecule has 0 spiro atoms. The third-order valence-electron chi connectivity index (χ3n) is 7.17. The van der Waals surface area contributed by atoms with Gasteiger partial charge in [-0.2, -0.15) is 0 Å². The van der Waals surface area contributed by atoms with E-state index >= 15 is 0 Å². The Balaban J connectivity index is 1.09.